The molecule has 0 spiro atoms. The highest BCUT2D eigenvalue weighted by Crippen LogP contribution is 1.98. The molecule has 0 aromatic rings. The van der Waals surface area contributed by atoms with E-state index < -0.39 is 0 Å². The van der Waals surface area contributed by atoms with Crippen LogP contribution >= 0.6 is 0 Å². The summed E-state index contributed by atoms with van der Waals surface area (Å²) in [6, 6.07) is 0.542. The molecule has 1 atom stereocenters. The smallest absolute Gasteiger partial charge is 0.0618 e. The van der Waals surface area contributed by atoms with E-state index in [1.54, 1.807) is 7.11 Å². The van der Waals surface area contributed by atoms with Crippen LogP contribution in [0.5, 0.6) is 0 Å². The number of methoxy groups -OCH3 is 1. The van der Waals surface area contributed by atoms with E-state index in [9.17, 15) is 0 Å². The Morgan fingerprint density at radius 3 is 3.11 bits per heavy atom. The predicted octanol–water partition coefficient (Wildman–Crippen LogP) is 0.551. The molecule has 2 heteroatoms. The first-order chi connectivity index (χ1) is 4.43. The van der Waals surface area contributed by atoms with E-state index in [0.717, 1.165) is 19.6 Å². The van der Waals surface area contributed by atoms with Crippen molar-refractivity contribution in [3.8, 4) is 0 Å². The van der Waals surface area contributed by atoms with Crippen LogP contribution in [0.3, 0.4) is 0 Å². The summed E-state index contributed by atoms with van der Waals surface area (Å²) in [7, 11) is 1.74. The highest BCUT2D eigenvalue weighted by atomic mass is 16.5. The Balaban J connectivity index is 2.18. The molecule has 0 aromatic heterocycles. The van der Waals surface area contributed by atoms with E-state index >= 15 is 0 Å². The van der Waals surface area contributed by atoms with Crippen LogP contribution in [0.15, 0.2) is 12.2 Å². The van der Waals surface area contributed by atoms with E-state index in [0.29, 0.717) is 6.04 Å². The molecule has 1 aliphatic heterocycles. The van der Waals surface area contributed by atoms with Crippen LogP contribution in [0, 0.1) is 0 Å². The van der Waals surface area contributed by atoms with Gasteiger partial charge in [0.15, 0.2) is 0 Å². The lowest BCUT2D eigenvalue weighted by Gasteiger charge is -2.17. The van der Waals surface area contributed by atoms with Crippen LogP contribution in [-0.4, -0.2) is 26.3 Å². The van der Waals surface area contributed by atoms with Crippen molar-refractivity contribution in [3.05, 3.63) is 12.2 Å². The van der Waals surface area contributed by atoms with Gasteiger partial charge >= 0.3 is 0 Å². The molecule has 0 aliphatic carbocycles. The third-order valence-corrected chi connectivity index (χ3v) is 1.48. The normalized spacial score (nSPS) is 26.6. The molecule has 1 aliphatic rings. The SMILES string of the molecule is COCC1CC=CCN1. The van der Waals surface area contributed by atoms with Crippen LogP contribution in [0.1, 0.15) is 6.42 Å². The van der Waals surface area contributed by atoms with Gasteiger partial charge in [-0.25, -0.2) is 0 Å². The highest BCUT2D eigenvalue weighted by molar-refractivity contribution is 4.93. The number of rotatable bonds is 2. The Morgan fingerprint density at radius 1 is 1.67 bits per heavy atom. The zero-order chi connectivity index (χ0) is 6.53. The molecule has 0 saturated carbocycles. The number of ether oxygens (including phenoxy) is 1. The van der Waals surface area contributed by atoms with Gasteiger partial charge in [0.25, 0.3) is 0 Å². The Morgan fingerprint density at radius 2 is 2.56 bits per heavy atom. The molecule has 1 heterocycles. The summed E-state index contributed by atoms with van der Waals surface area (Å²) in [4.78, 5) is 0. The lowest BCUT2D eigenvalue weighted by Crippen LogP contribution is -2.34. The second-order valence-electron chi connectivity index (χ2n) is 2.27. The summed E-state index contributed by atoms with van der Waals surface area (Å²) in [5.74, 6) is 0. The monoisotopic (exact) mass is 127 g/mol. The van der Waals surface area contributed by atoms with E-state index in [-0.39, 0.29) is 0 Å². The van der Waals surface area contributed by atoms with Crippen LogP contribution in [0.25, 0.3) is 0 Å². The van der Waals surface area contributed by atoms with E-state index in [1.165, 1.54) is 0 Å². The summed E-state index contributed by atoms with van der Waals surface area (Å²) < 4.78 is 4.98. The summed E-state index contributed by atoms with van der Waals surface area (Å²) in [5.41, 5.74) is 0. The van der Waals surface area contributed by atoms with Gasteiger partial charge in [0.2, 0.25) is 0 Å². The number of hydrogen-bond donors (Lipinski definition) is 1. The molecule has 2 nitrogen and oxygen atoms in total. The van der Waals surface area contributed by atoms with Crippen molar-refractivity contribution in [2.75, 3.05) is 20.3 Å². The van der Waals surface area contributed by atoms with Crippen LogP contribution in [0.4, 0.5) is 0 Å². The minimum atomic E-state index is 0.542. The second-order valence-corrected chi connectivity index (χ2v) is 2.27. The minimum absolute atomic E-state index is 0.542. The van der Waals surface area contributed by atoms with Gasteiger partial charge in [-0.1, -0.05) is 12.2 Å². The Hall–Kier alpha value is -0.340. The van der Waals surface area contributed by atoms with Gasteiger partial charge in [-0.2, -0.15) is 0 Å². The van der Waals surface area contributed by atoms with Crippen molar-refractivity contribution < 1.29 is 4.74 Å². The molecule has 0 bridgehead atoms. The molecule has 1 unspecified atom stereocenters. The van der Waals surface area contributed by atoms with Gasteiger partial charge in [-0.3, -0.25) is 0 Å². The average molecular weight is 127 g/mol. The fraction of sp³-hybridized carbons (Fsp3) is 0.714. The van der Waals surface area contributed by atoms with Crippen LogP contribution in [-0.2, 0) is 4.74 Å². The van der Waals surface area contributed by atoms with E-state index in [2.05, 4.69) is 17.5 Å². The summed E-state index contributed by atoms with van der Waals surface area (Å²) in [6.45, 7) is 1.82. The fourth-order valence-electron chi connectivity index (χ4n) is 0.990. The molecule has 1 N–H and O–H groups in total. The lowest BCUT2D eigenvalue weighted by molar-refractivity contribution is 0.167. The van der Waals surface area contributed by atoms with Gasteiger partial charge in [0, 0.05) is 19.7 Å². The standard InChI is InChI=1S/C7H13NO/c1-9-6-7-4-2-3-5-8-7/h2-3,7-8H,4-6H2,1H3. The maximum Gasteiger partial charge on any atom is 0.0618 e. The first kappa shape index (κ1) is 6.78. The van der Waals surface area contributed by atoms with Gasteiger partial charge in [0.1, 0.15) is 0 Å². The highest BCUT2D eigenvalue weighted by Gasteiger charge is 2.06. The Bertz CT molecular complexity index is 101. The van der Waals surface area contributed by atoms with Crippen molar-refractivity contribution in [3.63, 3.8) is 0 Å². The topological polar surface area (TPSA) is 21.3 Å². The maximum absolute atomic E-state index is 4.98. The molecule has 0 radical (unpaired) electrons. The van der Waals surface area contributed by atoms with Gasteiger partial charge in [-0.15, -0.1) is 0 Å². The van der Waals surface area contributed by atoms with E-state index in [1.807, 2.05) is 0 Å². The van der Waals surface area contributed by atoms with Crippen molar-refractivity contribution in [1.82, 2.24) is 5.32 Å². The van der Waals surface area contributed by atoms with Crippen LogP contribution < -0.4 is 5.32 Å². The first-order valence-corrected chi connectivity index (χ1v) is 3.31. The van der Waals surface area contributed by atoms with Gasteiger partial charge in [-0.05, 0) is 6.42 Å². The Kier molecular flexibility index (Phi) is 2.74. The molecule has 1 rings (SSSR count). The molecule has 0 aromatic carbocycles. The van der Waals surface area contributed by atoms with E-state index in [4.69, 9.17) is 4.74 Å². The van der Waals surface area contributed by atoms with Crippen molar-refractivity contribution in [1.29, 1.82) is 0 Å². The number of nitrogens with one attached hydrogen (secondary N) is 1. The summed E-state index contributed by atoms with van der Waals surface area (Å²) in [5, 5.41) is 3.31. The molecule has 52 valence electrons. The zero-order valence-corrected chi connectivity index (χ0v) is 5.76. The largest absolute Gasteiger partial charge is 0.383 e. The maximum atomic E-state index is 4.98. The molecular formula is C7H13NO. The van der Waals surface area contributed by atoms with Crippen molar-refractivity contribution in [2.45, 2.75) is 12.5 Å². The van der Waals surface area contributed by atoms with Crippen LogP contribution in [0.2, 0.25) is 0 Å². The molecular weight excluding hydrogens is 114 g/mol. The van der Waals surface area contributed by atoms with Gasteiger partial charge in [0.05, 0.1) is 6.61 Å². The third-order valence-electron chi connectivity index (χ3n) is 1.48. The van der Waals surface area contributed by atoms with Crippen molar-refractivity contribution >= 4 is 0 Å². The third kappa shape index (κ3) is 2.16. The molecule has 0 amide bonds. The fourth-order valence-corrected chi connectivity index (χ4v) is 0.990. The predicted molar refractivity (Wildman–Crippen MR) is 37.4 cm³/mol. The summed E-state index contributed by atoms with van der Waals surface area (Å²) in [6.07, 6.45) is 5.44. The lowest BCUT2D eigenvalue weighted by atomic mass is 10.1. The number of hydrogen-bond acceptors (Lipinski definition) is 2. The first-order valence-electron chi connectivity index (χ1n) is 3.31. The molecule has 0 saturated heterocycles. The van der Waals surface area contributed by atoms with Gasteiger partial charge < -0.3 is 10.1 Å². The van der Waals surface area contributed by atoms with Crippen molar-refractivity contribution in [2.24, 2.45) is 0 Å². The zero-order valence-electron chi connectivity index (χ0n) is 5.76. The minimum Gasteiger partial charge on any atom is -0.383 e. The molecule has 0 fully saturated rings. The average Bonchev–Trinajstić information content (AvgIpc) is 1.91. The molecule has 9 heavy (non-hydrogen) atoms. The second kappa shape index (κ2) is 3.64. The summed E-state index contributed by atoms with van der Waals surface area (Å²) >= 11 is 0. The quantitative estimate of drug-likeness (QED) is 0.547. The Labute approximate surface area is 55.9 Å².